The van der Waals surface area contributed by atoms with Gasteiger partial charge < -0.3 is 10.6 Å². The van der Waals surface area contributed by atoms with Crippen LogP contribution in [0.2, 0.25) is 0 Å². The standard InChI is InChI=1S/C14H30N4O2S.HI/c1-15-14(17-11-12-18-21(2,19)20)16-10-6-5-9-13-7-3-4-8-13;/h13,18H,3-12H2,1-2H3,(H2,15,16,17);1H. The van der Waals surface area contributed by atoms with Gasteiger partial charge >= 0.3 is 0 Å². The second-order valence-electron chi connectivity index (χ2n) is 5.74. The van der Waals surface area contributed by atoms with Gasteiger partial charge in [-0.15, -0.1) is 24.0 Å². The quantitative estimate of drug-likeness (QED) is 0.218. The number of unbranched alkanes of at least 4 members (excludes halogenated alkanes) is 1. The number of guanidine groups is 1. The first-order valence-electron chi connectivity index (χ1n) is 7.90. The van der Waals surface area contributed by atoms with Crippen LogP contribution in [-0.2, 0) is 10.0 Å². The Hall–Kier alpha value is -0.0900. The number of rotatable bonds is 9. The molecule has 1 aliphatic rings. The predicted octanol–water partition coefficient (Wildman–Crippen LogP) is 1.68. The fourth-order valence-electron chi connectivity index (χ4n) is 2.70. The first-order chi connectivity index (χ1) is 10.0. The van der Waals surface area contributed by atoms with E-state index in [0.29, 0.717) is 13.1 Å². The lowest BCUT2D eigenvalue weighted by molar-refractivity contribution is 0.472. The van der Waals surface area contributed by atoms with E-state index in [4.69, 9.17) is 0 Å². The maximum atomic E-state index is 10.9. The van der Waals surface area contributed by atoms with Gasteiger partial charge in [-0.2, -0.15) is 0 Å². The van der Waals surface area contributed by atoms with Crippen molar-refractivity contribution in [2.24, 2.45) is 10.9 Å². The molecule has 0 aromatic heterocycles. The fourth-order valence-corrected chi connectivity index (χ4v) is 3.17. The molecule has 0 bridgehead atoms. The number of nitrogens with zero attached hydrogens (tertiary/aromatic N) is 1. The van der Waals surface area contributed by atoms with Crippen LogP contribution in [0.3, 0.4) is 0 Å². The first kappa shape index (κ1) is 21.9. The molecule has 0 amide bonds. The molecule has 1 fully saturated rings. The summed E-state index contributed by atoms with van der Waals surface area (Å²) in [6.45, 7) is 1.79. The van der Waals surface area contributed by atoms with Crippen molar-refractivity contribution in [3.63, 3.8) is 0 Å². The van der Waals surface area contributed by atoms with Crippen LogP contribution in [0, 0.1) is 5.92 Å². The monoisotopic (exact) mass is 446 g/mol. The van der Waals surface area contributed by atoms with Gasteiger partial charge in [-0.05, 0) is 12.3 Å². The molecule has 1 aliphatic carbocycles. The highest BCUT2D eigenvalue weighted by Gasteiger charge is 2.13. The third kappa shape index (κ3) is 11.5. The topological polar surface area (TPSA) is 82.6 Å². The summed E-state index contributed by atoms with van der Waals surface area (Å²) in [5.74, 6) is 1.69. The third-order valence-corrected chi connectivity index (χ3v) is 4.54. The molecule has 1 saturated carbocycles. The van der Waals surface area contributed by atoms with Crippen molar-refractivity contribution in [3.05, 3.63) is 0 Å². The van der Waals surface area contributed by atoms with E-state index in [9.17, 15) is 8.42 Å². The van der Waals surface area contributed by atoms with E-state index in [1.807, 2.05) is 0 Å². The fraction of sp³-hybridized carbons (Fsp3) is 0.929. The Bertz CT molecular complexity index is 409. The van der Waals surface area contributed by atoms with Crippen molar-refractivity contribution in [1.82, 2.24) is 15.4 Å². The van der Waals surface area contributed by atoms with Gasteiger partial charge in [0.05, 0.1) is 6.26 Å². The number of halogens is 1. The summed E-state index contributed by atoms with van der Waals surface area (Å²) in [6, 6.07) is 0. The molecule has 0 aliphatic heterocycles. The minimum absolute atomic E-state index is 0. The first-order valence-corrected chi connectivity index (χ1v) is 9.79. The molecule has 0 atom stereocenters. The molecule has 0 radical (unpaired) electrons. The number of hydrogen-bond donors (Lipinski definition) is 3. The van der Waals surface area contributed by atoms with Crippen LogP contribution in [0.15, 0.2) is 4.99 Å². The molecule has 0 heterocycles. The van der Waals surface area contributed by atoms with Crippen molar-refractivity contribution in [2.45, 2.75) is 44.9 Å². The van der Waals surface area contributed by atoms with Crippen molar-refractivity contribution in [2.75, 3.05) is 32.9 Å². The Balaban J connectivity index is 0.00000441. The summed E-state index contributed by atoms with van der Waals surface area (Å²) < 4.78 is 24.3. The molecular weight excluding hydrogens is 415 g/mol. The molecule has 3 N–H and O–H groups in total. The lowest BCUT2D eigenvalue weighted by atomic mass is 10.0. The molecule has 0 aromatic rings. The van der Waals surface area contributed by atoms with Crippen molar-refractivity contribution in [1.29, 1.82) is 0 Å². The molecule has 1 rings (SSSR count). The number of hydrogen-bond acceptors (Lipinski definition) is 3. The number of aliphatic imine (C=N–C) groups is 1. The van der Waals surface area contributed by atoms with E-state index in [2.05, 4.69) is 20.3 Å². The summed E-state index contributed by atoms with van der Waals surface area (Å²) in [6.07, 6.45) is 10.6. The summed E-state index contributed by atoms with van der Waals surface area (Å²) in [5.41, 5.74) is 0. The lowest BCUT2D eigenvalue weighted by Gasteiger charge is -2.12. The van der Waals surface area contributed by atoms with Crippen molar-refractivity contribution < 1.29 is 8.42 Å². The highest BCUT2D eigenvalue weighted by molar-refractivity contribution is 14.0. The lowest BCUT2D eigenvalue weighted by Crippen LogP contribution is -2.41. The Labute approximate surface area is 152 Å². The maximum Gasteiger partial charge on any atom is 0.208 e. The van der Waals surface area contributed by atoms with Crippen LogP contribution < -0.4 is 15.4 Å². The van der Waals surface area contributed by atoms with Crippen LogP contribution >= 0.6 is 24.0 Å². The van der Waals surface area contributed by atoms with Gasteiger partial charge in [0.15, 0.2) is 5.96 Å². The van der Waals surface area contributed by atoms with E-state index in [-0.39, 0.29) is 24.0 Å². The molecule has 22 heavy (non-hydrogen) atoms. The Morgan fingerprint density at radius 1 is 1.09 bits per heavy atom. The van der Waals surface area contributed by atoms with Gasteiger partial charge in [0, 0.05) is 26.7 Å². The normalized spacial score (nSPS) is 16.4. The molecule has 0 spiro atoms. The van der Waals surface area contributed by atoms with Gasteiger partial charge in [-0.3, -0.25) is 4.99 Å². The van der Waals surface area contributed by atoms with Gasteiger partial charge in [-0.1, -0.05) is 38.5 Å². The summed E-state index contributed by atoms with van der Waals surface area (Å²) >= 11 is 0. The Kier molecular flexibility index (Phi) is 12.3. The maximum absolute atomic E-state index is 10.9. The van der Waals surface area contributed by atoms with Crippen LogP contribution in [0.5, 0.6) is 0 Å². The zero-order valence-corrected chi connectivity index (χ0v) is 16.9. The molecular formula is C14H31IN4O2S. The minimum Gasteiger partial charge on any atom is -0.356 e. The molecule has 0 aromatic carbocycles. The minimum atomic E-state index is -3.11. The molecule has 0 saturated heterocycles. The van der Waals surface area contributed by atoms with E-state index >= 15 is 0 Å². The van der Waals surface area contributed by atoms with E-state index in [1.54, 1.807) is 7.05 Å². The summed E-state index contributed by atoms with van der Waals surface area (Å²) in [4.78, 5) is 4.11. The molecule has 132 valence electrons. The van der Waals surface area contributed by atoms with Crippen molar-refractivity contribution >= 4 is 40.0 Å². The van der Waals surface area contributed by atoms with Gasteiger partial charge in [0.1, 0.15) is 0 Å². The largest absolute Gasteiger partial charge is 0.356 e. The second-order valence-corrected chi connectivity index (χ2v) is 7.57. The smallest absolute Gasteiger partial charge is 0.208 e. The van der Waals surface area contributed by atoms with Crippen LogP contribution in [-0.4, -0.2) is 47.3 Å². The number of sulfonamides is 1. The summed E-state index contributed by atoms with van der Waals surface area (Å²) in [7, 11) is -1.39. The molecule has 6 nitrogen and oxygen atoms in total. The van der Waals surface area contributed by atoms with E-state index < -0.39 is 10.0 Å². The SMILES string of the molecule is CN=C(NCCCCC1CCCC1)NCCNS(C)(=O)=O.I. The Morgan fingerprint density at radius 2 is 1.73 bits per heavy atom. The van der Waals surface area contributed by atoms with Crippen LogP contribution in [0.1, 0.15) is 44.9 Å². The predicted molar refractivity (Wildman–Crippen MR) is 103 cm³/mol. The number of nitrogens with one attached hydrogen (secondary N) is 3. The van der Waals surface area contributed by atoms with Crippen LogP contribution in [0.4, 0.5) is 0 Å². The second kappa shape index (κ2) is 12.3. The summed E-state index contributed by atoms with van der Waals surface area (Å²) in [5, 5.41) is 6.34. The van der Waals surface area contributed by atoms with E-state index in [0.717, 1.165) is 31.1 Å². The van der Waals surface area contributed by atoms with Crippen molar-refractivity contribution in [3.8, 4) is 0 Å². The van der Waals surface area contributed by atoms with Crippen LogP contribution in [0.25, 0.3) is 0 Å². The van der Waals surface area contributed by atoms with Gasteiger partial charge in [0.25, 0.3) is 0 Å². The molecule has 0 unspecified atom stereocenters. The van der Waals surface area contributed by atoms with Gasteiger partial charge in [-0.25, -0.2) is 13.1 Å². The van der Waals surface area contributed by atoms with Gasteiger partial charge in [0.2, 0.25) is 10.0 Å². The average molecular weight is 446 g/mol. The molecule has 8 heteroatoms. The highest BCUT2D eigenvalue weighted by atomic mass is 127. The van der Waals surface area contributed by atoms with E-state index in [1.165, 1.54) is 38.5 Å². The zero-order chi connectivity index (χ0) is 15.6. The highest BCUT2D eigenvalue weighted by Crippen LogP contribution is 2.28. The third-order valence-electron chi connectivity index (χ3n) is 3.81. The average Bonchev–Trinajstić information content (AvgIpc) is 2.92. The Morgan fingerprint density at radius 3 is 2.32 bits per heavy atom. The zero-order valence-electron chi connectivity index (χ0n) is 13.7.